The second kappa shape index (κ2) is 12.1. The lowest BCUT2D eigenvalue weighted by Gasteiger charge is -2.23. The first-order valence-corrected chi connectivity index (χ1v) is 8.39. The van der Waals surface area contributed by atoms with Gasteiger partial charge in [0, 0.05) is 19.2 Å². The molecule has 7 nitrogen and oxygen atoms in total. The predicted octanol–water partition coefficient (Wildman–Crippen LogP) is 1.35. The monoisotopic (exact) mass is 365 g/mol. The zero-order valence-electron chi connectivity index (χ0n) is 15.5. The van der Waals surface area contributed by atoms with E-state index in [2.05, 4.69) is 0 Å². The van der Waals surface area contributed by atoms with E-state index in [1.165, 1.54) is 18.1 Å². The Balaban J connectivity index is 2.77. The van der Waals surface area contributed by atoms with Crippen LogP contribution in [0.1, 0.15) is 12.5 Å². The smallest absolute Gasteiger partial charge is 0.310 e. The maximum Gasteiger partial charge on any atom is 0.310 e. The Morgan fingerprint density at radius 2 is 2.04 bits per heavy atom. The molecule has 1 rings (SSSR count). The van der Waals surface area contributed by atoms with Crippen LogP contribution in [0.5, 0.6) is 5.75 Å². The van der Waals surface area contributed by atoms with E-state index in [-0.39, 0.29) is 38.2 Å². The molecule has 1 N–H and O–H groups in total. The van der Waals surface area contributed by atoms with E-state index in [1.54, 1.807) is 20.1 Å². The Kier molecular flexibility index (Phi) is 10.0. The Morgan fingerprint density at radius 3 is 2.69 bits per heavy atom. The van der Waals surface area contributed by atoms with E-state index in [0.717, 1.165) is 5.56 Å². The third kappa shape index (κ3) is 7.67. The zero-order chi connectivity index (χ0) is 19.4. The highest BCUT2D eigenvalue weighted by Crippen LogP contribution is 2.14. The number of nitrogens with zero attached hydrogens (tertiary/aromatic N) is 1. The van der Waals surface area contributed by atoms with E-state index in [0.29, 0.717) is 12.3 Å². The van der Waals surface area contributed by atoms with Gasteiger partial charge >= 0.3 is 5.97 Å². The van der Waals surface area contributed by atoms with Gasteiger partial charge in [-0.25, -0.2) is 0 Å². The maximum absolute atomic E-state index is 12.5. The number of esters is 1. The summed E-state index contributed by atoms with van der Waals surface area (Å²) in [6, 6.07) is 7.33. The number of amides is 1. The maximum atomic E-state index is 12.5. The molecule has 0 radical (unpaired) electrons. The lowest BCUT2D eigenvalue weighted by Crippen LogP contribution is -2.38. The third-order valence-electron chi connectivity index (χ3n) is 3.66. The number of benzene rings is 1. The fraction of sp³-hybridized carbons (Fsp3) is 0.474. The van der Waals surface area contributed by atoms with Gasteiger partial charge in [-0.15, -0.1) is 0 Å². The molecule has 0 spiro atoms. The van der Waals surface area contributed by atoms with E-state index in [9.17, 15) is 9.59 Å². The summed E-state index contributed by atoms with van der Waals surface area (Å²) in [5.74, 6) is -0.368. The highest BCUT2D eigenvalue weighted by Gasteiger charge is 2.20. The van der Waals surface area contributed by atoms with Gasteiger partial charge in [0.1, 0.15) is 5.75 Å². The van der Waals surface area contributed by atoms with Gasteiger partial charge < -0.3 is 24.2 Å². The van der Waals surface area contributed by atoms with Crippen LogP contribution < -0.4 is 4.74 Å². The molecule has 0 aliphatic carbocycles. The number of carbonyl (C=O) groups excluding carboxylic acids is 2. The first-order chi connectivity index (χ1) is 12.5. The van der Waals surface area contributed by atoms with E-state index in [4.69, 9.17) is 19.3 Å². The van der Waals surface area contributed by atoms with Gasteiger partial charge in [0.25, 0.3) is 0 Å². The van der Waals surface area contributed by atoms with Gasteiger partial charge in [-0.3, -0.25) is 9.59 Å². The van der Waals surface area contributed by atoms with Crippen molar-refractivity contribution in [1.82, 2.24) is 4.90 Å². The fourth-order valence-corrected chi connectivity index (χ4v) is 2.26. The number of hydrogen-bond acceptors (Lipinski definition) is 6. The third-order valence-corrected chi connectivity index (χ3v) is 3.66. The average molecular weight is 365 g/mol. The zero-order valence-corrected chi connectivity index (χ0v) is 15.5. The minimum Gasteiger partial charge on any atom is -0.497 e. The summed E-state index contributed by atoms with van der Waals surface area (Å²) >= 11 is 0. The molecule has 0 aromatic heterocycles. The normalized spacial score (nSPS) is 12.0. The van der Waals surface area contributed by atoms with Crippen LogP contribution in [0.2, 0.25) is 0 Å². The highest BCUT2D eigenvalue weighted by atomic mass is 16.5. The standard InChI is InChI=1S/C19H27NO6/c1-15(19(23)25-3)14-20(9-11-26-12-10-21)18(22)8-7-16-5-4-6-17(13-16)24-2/h4-8,13,15,21H,9-12,14H2,1-3H3/b8-7+. The Labute approximate surface area is 154 Å². The molecular formula is C19H27NO6. The summed E-state index contributed by atoms with van der Waals surface area (Å²) < 4.78 is 15.1. The van der Waals surface area contributed by atoms with Gasteiger partial charge in [-0.1, -0.05) is 19.1 Å². The van der Waals surface area contributed by atoms with Crippen LogP contribution in [-0.4, -0.2) is 69.0 Å². The van der Waals surface area contributed by atoms with Crippen LogP contribution >= 0.6 is 0 Å². The van der Waals surface area contributed by atoms with Crippen LogP contribution in [0.3, 0.4) is 0 Å². The van der Waals surface area contributed by atoms with Gasteiger partial charge in [0.05, 0.1) is 40.0 Å². The molecule has 1 unspecified atom stereocenters. The second-order valence-corrected chi connectivity index (χ2v) is 5.65. The molecule has 0 saturated heterocycles. The first-order valence-electron chi connectivity index (χ1n) is 8.39. The SMILES string of the molecule is COC(=O)C(C)CN(CCOCCO)C(=O)/C=C/c1cccc(OC)c1. The molecule has 1 aromatic rings. The number of rotatable bonds is 11. The van der Waals surface area contributed by atoms with Crippen molar-refractivity contribution in [3.05, 3.63) is 35.9 Å². The molecule has 1 aromatic carbocycles. The minimum atomic E-state index is -0.452. The van der Waals surface area contributed by atoms with Gasteiger partial charge in [-0.2, -0.15) is 0 Å². The van der Waals surface area contributed by atoms with Crippen LogP contribution in [0.4, 0.5) is 0 Å². The summed E-state index contributed by atoms with van der Waals surface area (Å²) in [4.78, 5) is 25.7. The average Bonchev–Trinajstić information content (AvgIpc) is 2.67. The Bertz CT molecular complexity index is 601. The van der Waals surface area contributed by atoms with Crippen molar-refractivity contribution in [2.24, 2.45) is 5.92 Å². The van der Waals surface area contributed by atoms with Crippen molar-refractivity contribution < 1.29 is 28.9 Å². The van der Waals surface area contributed by atoms with Crippen molar-refractivity contribution in [3.8, 4) is 5.75 Å². The van der Waals surface area contributed by atoms with Crippen molar-refractivity contribution >= 4 is 18.0 Å². The summed E-state index contributed by atoms with van der Waals surface area (Å²) in [6.45, 7) is 2.62. The minimum absolute atomic E-state index is 0.0811. The van der Waals surface area contributed by atoms with Crippen LogP contribution in [0.15, 0.2) is 30.3 Å². The quantitative estimate of drug-likeness (QED) is 0.362. The van der Waals surface area contributed by atoms with Gasteiger partial charge in [0.2, 0.25) is 5.91 Å². The number of ether oxygens (including phenoxy) is 3. The lowest BCUT2D eigenvalue weighted by molar-refractivity contribution is -0.146. The van der Waals surface area contributed by atoms with Crippen LogP contribution in [0.25, 0.3) is 6.08 Å². The van der Waals surface area contributed by atoms with Crippen molar-refractivity contribution in [1.29, 1.82) is 0 Å². The Hall–Kier alpha value is -2.38. The highest BCUT2D eigenvalue weighted by molar-refractivity contribution is 5.92. The fourth-order valence-electron chi connectivity index (χ4n) is 2.26. The van der Waals surface area contributed by atoms with E-state index in [1.807, 2.05) is 24.3 Å². The first kappa shape index (κ1) is 21.7. The number of methoxy groups -OCH3 is 2. The van der Waals surface area contributed by atoms with E-state index >= 15 is 0 Å². The molecular weight excluding hydrogens is 338 g/mol. The number of carbonyl (C=O) groups is 2. The molecule has 144 valence electrons. The molecule has 0 aliphatic rings. The summed E-state index contributed by atoms with van der Waals surface area (Å²) in [7, 11) is 2.90. The van der Waals surface area contributed by atoms with Crippen molar-refractivity contribution in [2.45, 2.75) is 6.92 Å². The number of aliphatic hydroxyl groups excluding tert-OH is 1. The lowest BCUT2D eigenvalue weighted by atomic mass is 10.1. The molecule has 0 fully saturated rings. The molecule has 1 atom stereocenters. The molecule has 0 heterocycles. The predicted molar refractivity (Wildman–Crippen MR) is 97.7 cm³/mol. The topological polar surface area (TPSA) is 85.3 Å². The van der Waals surface area contributed by atoms with Gasteiger partial charge in [-0.05, 0) is 23.8 Å². The summed E-state index contributed by atoms with van der Waals surface area (Å²) in [5.41, 5.74) is 0.829. The number of aliphatic hydroxyl groups is 1. The Morgan fingerprint density at radius 1 is 1.27 bits per heavy atom. The van der Waals surface area contributed by atoms with Gasteiger partial charge in [0.15, 0.2) is 0 Å². The second-order valence-electron chi connectivity index (χ2n) is 5.65. The molecule has 0 bridgehead atoms. The van der Waals surface area contributed by atoms with Crippen molar-refractivity contribution in [3.63, 3.8) is 0 Å². The van der Waals surface area contributed by atoms with Crippen LogP contribution in [-0.2, 0) is 19.1 Å². The molecule has 7 heteroatoms. The summed E-state index contributed by atoms with van der Waals surface area (Å²) in [5, 5.41) is 8.76. The molecule has 0 saturated carbocycles. The van der Waals surface area contributed by atoms with E-state index < -0.39 is 5.92 Å². The van der Waals surface area contributed by atoms with Crippen LogP contribution in [0, 0.1) is 5.92 Å². The number of hydrogen-bond donors (Lipinski definition) is 1. The molecule has 1 amide bonds. The molecule has 0 aliphatic heterocycles. The molecule has 26 heavy (non-hydrogen) atoms. The largest absolute Gasteiger partial charge is 0.497 e. The van der Waals surface area contributed by atoms with Crippen molar-refractivity contribution in [2.75, 3.05) is 47.1 Å². The summed E-state index contributed by atoms with van der Waals surface area (Å²) in [6.07, 6.45) is 3.14.